The molecule has 0 spiro atoms. The van der Waals surface area contributed by atoms with E-state index in [1.165, 1.54) is 10.8 Å². The van der Waals surface area contributed by atoms with Crippen LogP contribution in [0.15, 0.2) is 70.5 Å². The minimum atomic E-state index is -1.25. The third-order valence-electron chi connectivity index (χ3n) is 11.2. The number of aromatic nitrogens is 2. The molecule has 2 unspecified atom stereocenters. The summed E-state index contributed by atoms with van der Waals surface area (Å²) in [6, 6.07) is 11.6. The smallest absolute Gasteiger partial charge is 0.410 e. The first-order valence-electron chi connectivity index (χ1n) is 22.4. The van der Waals surface area contributed by atoms with Crippen molar-refractivity contribution in [3.8, 4) is 0 Å². The number of hydrogen-bond acceptors (Lipinski definition) is 13. The first-order chi connectivity index (χ1) is 32.3. The predicted octanol–water partition coefficient (Wildman–Crippen LogP) is 4.25. The molecule has 4 aromatic rings. The Balaban J connectivity index is 0.000000279. The third kappa shape index (κ3) is 14.7. The zero-order valence-corrected chi connectivity index (χ0v) is 39.6. The average Bonchev–Trinajstić information content (AvgIpc) is 3.26. The Morgan fingerprint density at radius 2 is 1.13 bits per heavy atom. The van der Waals surface area contributed by atoms with E-state index < -0.39 is 52.7 Å². The summed E-state index contributed by atoms with van der Waals surface area (Å²) in [6.45, 7) is 15.7. The van der Waals surface area contributed by atoms with Gasteiger partial charge >= 0.3 is 30.2 Å². The minimum Gasteiger partial charge on any atom is -0.481 e. The van der Waals surface area contributed by atoms with Crippen LogP contribution in [0.2, 0.25) is 0 Å². The van der Waals surface area contributed by atoms with Crippen LogP contribution >= 0.6 is 0 Å². The maximum atomic E-state index is 13.0. The number of urea groups is 1. The van der Waals surface area contributed by atoms with Gasteiger partial charge in [0.15, 0.2) is 0 Å². The lowest BCUT2D eigenvalue weighted by Crippen LogP contribution is -2.50. The van der Waals surface area contributed by atoms with Gasteiger partial charge in [-0.15, -0.1) is 0 Å². The molecule has 0 bridgehead atoms. The van der Waals surface area contributed by atoms with E-state index in [0.717, 1.165) is 21.3 Å². The fourth-order valence-electron chi connectivity index (χ4n) is 7.92. The molecular formula is C48H65N9O13. The number of imide groups is 1. The van der Waals surface area contributed by atoms with Gasteiger partial charge in [0, 0.05) is 99.7 Å². The highest BCUT2D eigenvalue weighted by Gasteiger charge is 2.31. The van der Waals surface area contributed by atoms with E-state index >= 15 is 0 Å². The van der Waals surface area contributed by atoms with Gasteiger partial charge in [-0.25, -0.2) is 19.2 Å². The maximum Gasteiger partial charge on any atom is 0.410 e. The van der Waals surface area contributed by atoms with Crippen molar-refractivity contribution in [1.82, 2.24) is 24.3 Å². The van der Waals surface area contributed by atoms with Crippen molar-refractivity contribution < 1.29 is 53.2 Å². The molecule has 22 nitrogen and oxygen atoms in total. The number of piperazine rings is 2. The summed E-state index contributed by atoms with van der Waals surface area (Å²) in [5, 5.41) is 23.0. The van der Waals surface area contributed by atoms with E-state index in [4.69, 9.17) is 19.4 Å². The fourth-order valence-corrected chi connectivity index (χ4v) is 7.92. The molecule has 380 valence electrons. The Hall–Kier alpha value is -7.65. The van der Waals surface area contributed by atoms with E-state index in [9.17, 15) is 43.5 Å². The zero-order valence-electron chi connectivity index (χ0n) is 39.6. The largest absolute Gasteiger partial charge is 0.481 e. The van der Waals surface area contributed by atoms with Crippen molar-refractivity contribution >= 4 is 74.9 Å². The second-order valence-electron chi connectivity index (χ2n) is 18.7. The van der Waals surface area contributed by atoms with Crippen LogP contribution < -0.4 is 37.7 Å². The van der Waals surface area contributed by atoms with Crippen molar-refractivity contribution in [2.75, 3.05) is 62.2 Å². The number of nitrogens with two attached hydrogens (primary N) is 2. The second kappa shape index (κ2) is 23.1. The van der Waals surface area contributed by atoms with Gasteiger partial charge in [-0.1, -0.05) is 7.43 Å². The van der Waals surface area contributed by atoms with Crippen molar-refractivity contribution in [3.63, 3.8) is 0 Å². The summed E-state index contributed by atoms with van der Waals surface area (Å²) < 4.78 is 13.4. The number of carbonyl (C=O) groups is 7. The molecule has 22 heteroatoms. The molecule has 3 fully saturated rings. The van der Waals surface area contributed by atoms with Gasteiger partial charge in [0.2, 0.25) is 11.8 Å². The number of fused-ring (bicyclic) bond motifs is 2. The second-order valence-corrected chi connectivity index (χ2v) is 18.7. The normalized spacial score (nSPS) is 16.6. The first kappa shape index (κ1) is 55.0. The number of nitrogens with zero attached hydrogens (tertiary/aromatic N) is 6. The Kier molecular flexibility index (Phi) is 18.1. The number of benzene rings is 2. The fraction of sp³-hybridized carbons (Fsp3) is 0.479. The van der Waals surface area contributed by atoms with E-state index in [-0.39, 0.29) is 50.3 Å². The van der Waals surface area contributed by atoms with Crippen molar-refractivity contribution in [3.05, 3.63) is 81.6 Å². The number of carbonyl (C=O) groups excluding carboxylic acids is 5. The van der Waals surface area contributed by atoms with Gasteiger partial charge in [0.1, 0.15) is 23.3 Å². The van der Waals surface area contributed by atoms with Crippen LogP contribution in [0.1, 0.15) is 86.7 Å². The van der Waals surface area contributed by atoms with Crippen LogP contribution in [0.25, 0.3) is 21.5 Å². The van der Waals surface area contributed by atoms with Crippen LogP contribution in [0.5, 0.6) is 0 Å². The Morgan fingerprint density at radius 3 is 1.54 bits per heavy atom. The molecule has 2 aromatic heterocycles. The number of piperidine rings is 1. The van der Waals surface area contributed by atoms with Crippen LogP contribution in [0, 0.1) is 0 Å². The molecule has 6 amide bonds. The van der Waals surface area contributed by atoms with E-state index in [1.54, 1.807) is 40.3 Å². The quantitative estimate of drug-likeness (QED) is 0.154. The number of primary amides is 2. The Bertz CT molecular complexity index is 2700. The highest BCUT2D eigenvalue weighted by molar-refractivity contribution is 5.99. The molecule has 0 aliphatic carbocycles. The maximum absolute atomic E-state index is 13.0. The van der Waals surface area contributed by atoms with Crippen molar-refractivity contribution in [1.29, 1.82) is 0 Å². The average molecular weight is 976 g/mol. The molecule has 2 aromatic carbocycles. The lowest BCUT2D eigenvalue weighted by Gasteiger charge is -2.36. The number of carboxylic acids is 2. The van der Waals surface area contributed by atoms with E-state index in [2.05, 4.69) is 26.6 Å². The van der Waals surface area contributed by atoms with Gasteiger partial charge in [-0.2, -0.15) is 0 Å². The summed E-state index contributed by atoms with van der Waals surface area (Å²) in [4.78, 5) is 113. The lowest BCUT2D eigenvalue weighted by molar-refractivity contribution is -0.142. The molecule has 0 saturated carbocycles. The van der Waals surface area contributed by atoms with Gasteiger partial charge < -0.3 is 59.9 Å². The molecule has 2 atom stereocenters. The number of hydrogen-bond donors (Lipinski definition) is 5. The summed E-state index contributed by atoms with van der Waals surface area (Å²) in [5.74, 6) is -3.12. The Morgan fingerprint density at radius 1 is 0.686 bits per heavy atom. The molecule has 3 saturated heterocycles. The predicted molar refractivity (Wildman–Crippen MR) is 262 cm³/mol. The number of anilines is 2. The van der Waals surface area contributed by atoms with E-state index in [0.29, 0.717) is 74.9 Å². The highest BCUT2D eigenvalue weighted by atomic mass is 16.6. The summed E-state index contributed by atoms with van der Waals surface area (Å²) >= 11 is 0. The van der Waals surface area contributed by atoms with Crippen LogP contribution in [0.3, 0.4) is 0 Å². The number of ether oxygens (including phenoxy) is 2. The topological polar surface area (TPSA) is 299 Å². The summed E-state index contributed by atoms with van der Waals surface area (Å²) in [5.41, 5.74) is 8.56. The standard InChI is InChI=1S/C23H28N4O5.C23H29N3O7.CH4N2O.CH4/c1-23(2,3)32-22(31)26-12-10-25(11-13-26)16-4-5-17-15(14-16)8-9-27(21(17)30)18-6-7-19(28)24-20(18)29;1-23(2,3)33-22(32)25-12-10-24(11-13-25)16-4-5-17-15(14-16)8-9-26(20(17)29)18(21(30)31)6-7-19(27)28;2-1(3)4;/h4-5,8-9,14,18H,6-7,10-13H2,1-3H3,(H,24,28,29);4-5,8-9,14,18H,6-7,10-13H2,1-3H3,(H,27,28)(H,30,31);(H4,2,3,4);1H4. The van der Waals surface area contributed by atoms with Crippen LogP contribution in [-0.4, -0.2) is 135 Å². The number of nitrogens with one attached hydrogen (secondary N) is 1. The number of aliphatic carboxylic acids is 2. The molecule has 7 rings (SSSR count). The Labute approximate surface area is 404 Å². The molecule has 3 aliphatic heterocycles. The molecule has 70 heavy (non-hydrogen) atoms. The number of pyridine rings is 2. The van der Waals surface area contributed by atoms with Crippen molar-refractivity contribution in [2.24, 2.45) is 11.5 Å². The zero-order chi connectivity index (χ0) is 51.0. The van der Waals surface area contributed by atoms with Crippen LogP contribution in [-0.2, 0) is 28.7 Å². The number of rotatable bonds is 8. The van der Waals surface area contributed by atoms with Gasteiger partial charge in [-0.3, -0.25) is 29.3 Å². The van der Waals surface area contributed by atoms with Gasteiger partial charge in [0.05, 0.1) is 0 Å². The summed E-state index contributed by atoms with van der Waals surface area (Å²) in [7, 11) is 0. The minimum absolute atomic E-state index is 0. The molecule has 3 aliphatic rings. The molecule has 5 heterocycles. The number of amides is 6. The van der Waals surface area contributed by atoms with Crippen molar-refractivity contribution in [2.45, 2.75) is 97.9 Å². The molecule has 7 N–H and O–H groups in total. The summed E-state index contributed by atoms with van der Waals surface area (Å²) in [6.07, 6.45) is 2.38. The van der Waals surface area contributed by atoms with Gasteiger partial charge in [0.25, 0.3) is 11.1 Å². The van der Waals surface area contributed by atoms with Gasteiger partial charge in [-0.05, 0) is 114 Å². The monoisotopic (exact) mass is 975 g/mol. The van der Waals surface area contributed by atoms with Crippen LogP contribution in [0.4, 0.5) is 25.8 Å². The van der Waals surface area contributed by atoms with E-state index in [1.807, 2.05) is 65.8 Å². The third-order valence-corrected chi connectivity index (χ3v) is 11.2. The number of carboxylic acid groups (broad SMARTS) is 2. The lowest BCUT2D eigenvalue weighted by atomic mass is 10.0. The highest BCUT2D eigenvalue weighted by Crippen LogP contribution is 2.26. The molecular weight excluding hydrogens is 911 g/mol. The first-order valence-corrected chi connectivity index (χ1v) is 22.4. The molecule has 0 radical (unpaired) electrons. The SMILES string of the molecule is C.CC(C)(C)OC(=O)N1CCN(c2ccc3c(=O)n(C(CCC(=O)O)C(=O)O)ccc3c2)CC1.CC(C)(C)OC(=O)N1CCN(c2ccc3c(=O)n(C4CCC(=O)NC4=O)ccc3c2)CC1.NC(N)=O.